The van der Waals surface area contributed by atoms with Gasteiger partial charge in [0.25, 0.3) is 5.91 Å². The van der Waals surface area contributed by atoms with Crippen LogP contribution < -0.4 is 16.4 Å². The lowest BCUT2D eigenvalue weighted by Gasteiger charge is -2.23. The van der Waals surface area contributed by atoms with Crippen molar-refractivity contribution in [1.29, 1.82) is 0 Å². The SMILES string of the molecule is CCS(=O)(=O)c1ccc(Cl)cc1CNC(=O)c1cc(C(F)(F)F)c(CN2CC[C@@H](NC(=O)O)C2)c(Cl)c1N. The number of likely N-dealkylation sites (tertiary alicyclic amines) is 1. The molecule has 0 saturated carbocycles. The highest BCUT2D eigenvalue weighted by Crippen LogP contribution is 2.40. The summed E-state index contributed by atoms with van der Waals surface area (Å²) in [6, 6.07) is 4.17. The molecule has 9 nitrogen and oxygen atoms in total. The molecule has 0 unspecified atom stereocenters. The molecule has 2 aromatic rings. The number of rotatable bonds is 8. The number of alkyl halides is 3. The second kappa shape index (κ2) is 11.6. The minimum Gasteiger partial charge on any atom is -0.465 e. The quantitative estimate of drug-likeness (QED) is 0.335. The van der Waals surface area contributed by atoms with E-state index in [-0.39, 0.29) is 52.1 Å². The fourth-order valence-corrected chi connectivity index (χ4v) is 5.79. The smallest absolute Gasteiger partial charge is 0.416 e. The Hall–Kier alpha value is -2.74. The van der Waals surface area contributed by atoms with Gasteiger partial charge < -0.3 is 21.5 Å². The summed E-state index contributed by atoms with van der Waals surface area (Å²) in [6.07, 6.45) is -5.71. The molecular weight excluding hydrogens is 572 g/mol. The van der Waals surface area contributed by atoms with E-state index >= 15 is 0 Å². The van der Waals surface area contributed by atoms with Crippen molar-refractivity contribution in [2.24, 2.45) is 0 Å². The minimum absolute atomic E-state index is 0.0664. The Morgan fingerprint density at radius 2 is 1.92 bits per heavy atom. The van der Waals surface area contributed by atoms with E-state index in [0.29, 0.717) is 19.0 Å². The number of nitrogens with one attached hydrogen (secondary N) is 2. The molecule has 3 rings (SSSR count). The summed E-state index contributed by atoms with van der Waals surface area (Å²) in [6.45, 7) is 1.33. The van der Waals surface area contributed by atoms with Crippen LogP contribution in [0.1, 0.15) is 40.4 Å². The number of nitrogens with two attached hydrogens (primary N) is 1. The van der Waals surface area contributed by atoms with Crippen LogP contribution in [0.2, 0.25) is 10.0 Å². The van der Waals surface area contributed by atoms with E-state index in [1.54, 1.807) is 4.90 Å². The summed E-state index contributed by atoms with van der Waals surface area (Å²) in [7, 11) is -3.67. The largest absolute Gasteiger partial charge is 0.465 e. The molecule has 0 aromatic heterocycles. The molecule has 1 heterocycles. The molecule has 0 radical (unpaired) electrons. The maximum atomic E-state index is 14.0. The van der Waals surface area contributed by atoms with Gasteiger partial charge in [0.05, 0.1) is 32.5 Å². The number of halogens is 5. The number of amides is 2. The normalized spacial score (nSPS) is 16.4. The van der Waals surface area contributed by atoms with E-state index in [2.05, 4.69) is 10.6 Å². The standard InChI is InChI=1S/C23H25Cl2F3N4O5S/c1-2-38(36,37)18-4-3-13(24)7-12(18)9-30-21(33)15-8-17(23(26,27)28)16(19(25)20(15)29)11-32-6-5-14(10-32)31-22(34)35/h3-4,7-8,14,31H,2,5-6,9-11,29H2,1H3,(H,30,33)(H,34,35)/t14-/m1/s1. The van der Waals surface area contributed by atoms with Crippen molar-refractivity contribution in [3.63, 3.8) is 0 Å². The Bertz CT molecular complexity index is 1360. The summed E-state index contributed by atoms with van der Waals surface area (Å²) >= 11 is 12.2. The van der Waals surface area contributed by atoms with E-state index in [1.165, 1.54) is 25.1 Å². The molecule has 15 heteroatoms. The lowest BCUT2D eigenvalue weighted by atomic mass is 10.00. The molecule has 1 fully saturated rings. The van der Waals surface area contributed by atoms with E-state index in [9.17, 15) is 31.2 Å². The zero-order valence-electron chi connectivity index (χ0n) is 20.0. The summed E-state index contributed by atoms with van der Waals surface area (Å²) in [5.74, 6) is -1.20. The number of hydrogen-bond donors (Lipinski definition) is 4. The molecule has 208 valence electrons. The van der Waals surface area contributed by atoms with Crippen LogP contribution >= 0.6 is 23.2 Å². The van der Waals surface area contributed by atoms with E-state index in [4.69, 9.17) is 34.0 Å². The number of hydrogen-bond acceptors (Lipinski definition) is 6. The first-order valence-electron chi connectivity index (χ1n) is 11.3. The van der Waals surface area contributed by atoms with Gasteiger partial charge in [-0.3, -0.25) is 9.69 Å². The number of carbonyl (C=O) groups is 2. The predicted molar refractivity (Wildman–Crippen MR) is 136 cm³/mol. The Labute approximate surface area is 227 Å². The summed E-state index contributed by atoms with van der Waals surface area (Å²) in [5.41, 5.74) is 3.75. The van der Waals surface area contributed by atoms with Crippen LogP contribution in [0.15, 0.2) is 29.2 Å². The third-order valence-electron chi connectivity index (χ3n) is 6.11. The van der Waals surface area contributed by atoms with Crippen LogP contribution in [-0.2, 0) is 29.1 Å². The van der Waals surface area contributed by atoms with Gasteiger partial charge in [-0.2, -0.15) is 13.2 Å². The first-order chi connectivity index (χ1) is 17.6. The molecule has 38 heavy (non-hydrogen) atoms. The minimum atomic E-state index is -4.88. The van der Waals surface area contributed by atoms with Crippen molar-refractivity contribution in [1.82, 2.24) is 15.5 Å². The lowest BCUT2D eigenvalue weighted by Crippen LogP contribution is -2.36. The van der Waals surface area contributed by atoms with Gasteiger partial charge in [-0.1, -0.05) is 30.1 Å². The van der Waals surface area contributed by atoms with Gasteiger partial charge >= 0.3 is 12.3 Å². The van der Waals surface area contributed by atoms with Crippen molar-refractivity contribution in [3.05, 3.63) is 56.6 Å². The number of nitrogens with zero attached hydrogens (tertiary/aromatic N) is 1. The maximum absolute atomic E-state index is 14.0. The molecule has 2 amide bonds. The Morgan fingerprint density at radius 3 is 2.53 bits per heavy atom. The van der Waals surface area contributed by atoms with Crippen molar-refractivity contribution < 1.29 is 36.3 Å². The van der Waals surface area contributed by atoms with Crippen molar-refractivity contribution in [2.45, 2.75) is 43.5 Å². The van der Waals surface area contributed by atoms with Crippen LogP contribution in [0, 0.1) is 0 Å². The van der Waals surface area contributed by atoms with Gasteiger partial charge in [0.1, 0.15) is 0 Å². The molecular formula is C23H25Cl2F3N4O5S. The maximum Gasteiger partial charge on any atom is 0.416 e. The third-order valence-corrected chi connectivity index (χ3v) is 8.61. The number of carbonyl (C=O) groups excluding carboxylic acids is 1. The van der Waals surface area contributed by atoms with Crippen molar-refractivity contribution in [2.75, 3.05) is 24.6 Å². The van der Waals surface area contributed by atoms with Gasteiger partial charge in [0.15, 0.2) is 9.84 Å². The average molecular weight is 597 g/mol. The number of anilines is 1. The molecule has 0 aliphatic carbocycles. The van der Waals surface area contributed by atoms with Crippen LogP contribution in [0.5, 0.6) is 0 Å². The summed E-state index contributed by atoms with van der Waals surface area (Å²) in [4.78, 5) is 25.3. The van der Waals surface area contributed by atoms with Gasteiger partial charge in [0.2, 0.25) is 0 Å². The number of benzene rings is 2. The summed E-state index contributed by atoms with van der Waals surface area (Å²) < 4.78 is 66.9. The van der Waals surface area contributed by atoms with Crippen LogP contribution in [0.3, 0.4) is 0 Å². The average Bonchev–Trinajstić information content (AvgIpc) is 3.25. The first-order valence-corrected chi connectivity index (χ1v) is 13.7. The molecule has 1 saturated heterocycles. The number of nitrogen functional groups attached to an aromatic ring is 1. The highest BCUT2D eigenvalue weighted by molar-refractivity contribution is 7.91. The Kier molecular flexibility index (Phi) is 9.07. The van der Waals surface area contributed by atoms with E-state index in [1.807, 2.05) is 0 Å². The third kappa shape index (κ3) is 6.82. The highest BCUT2D eigenvalue weighted by atomic mass is 35.5. The van der Waals surface area contributed by atoms with Crippen LogP contribution in [0.4, 0.5) is 23.7 Å². The molecule has 1 aliphatic rings. The fraction of sp³-hybridized carbons (Fsp3) is 0.391. The number of carboxylic acid groups (broad SMARTS) is 1. The zero-order valence-corrected chi connectivity index (χ0v) is 22.4. The Balaban J connectivity index is 1.90. The topological polar surface area (TPSA) is 142 Å². The van der Waals surface area contributed by atoms with Gasteiger partial charge in [0, 0.05) is 37.2 Å². The molecule has 0 bridgehead atoms. The number of sulfone groups is 1. The van der Waals surface area contributed by atoms with Crippen molar-refractivity contribution in [3.8, 4) is 0 Å². The van der Waals surface area contributed by atoms with Crippen LogP contribution in [-0.4, -0.2) is 55.3 Å². The van der Waals surface area contributed by atoms with Gasteiger partial charge in [-0.05, 0) is 41.8 Å². The van der Waals surface area contributed by atoms with E-state index in [0.717, 1.165) is 0 Å². The van der Waals surface area contributed by atoms with Crippen LogP contribution in [0.25, 0.3) is 0 Å². The highest BCUT2D eigenvalue weighted by Gasteiger charge is 2.38. The van der Waals surface area contributed by atoms with Gasteiger partial charge in [-0.25, -0.2) is 13.2 Å². The van der Waals surface area contributed by atoms with E-state index < -0.39 is 50.2 Å². The lowest BCUT2D eigenvalue weighted by molar-refractivity contribution is -0.138. The molecule has 0 spiro atoms. The van der Waals surface area contributed by atoms with Crippen molar-refractivity contribution >= 4 is 50.7 Å². The molecule has 1 atom stereocenters. The second-order valence-electron chi connectivity index (χ2n) is 8.68. The predicted octanol–water partition coefficient (Wildman–Crippen LogP) is 4.16. The molecule has 5 N–H and O–H groups in total. The zero-order chi connectivity index (χ0) is 28.4. The monoisotopic (exact) mass is 596 g/mol. The van der Waals surface area contributed by atoms with Gasteiger partial charge in [-0.15, -0.1) is 0 Å². The summed E-state index contributed by atoms with van der Waals surface area (Å²) in [5, 5.41) is 13.3. The fourth-order valence-electron chi connectivity index (χ4n) is 4.21. The molecule has 1 aliphatic heterocycles. The Morgan fingerprint density at radius 1 is 1.24 bits per heavy atom. The first kappa shape index (κ1) is 29.8. The molecule has 2 aromatic carbocycles. The second-order valence-corrected chi connectivity index (χ2v) is 11.7.